The van der Waals surface area contributed by atoms with Gasteiger partial charge in [0.1, 0.15) is 17.9 Å². The zero-order valence-electron chi connectivity index (χ0n) is 13.7. The molecule has 5 nitrogen and oxygen atoms in total. The van der Waals surface area contributed by atoms with Gasteiger partial charge in [-0.1, -0.05) is 18.2 Å². The fourth-order valence-electron chi connectivity index (χ4n) is 3.14. The van der Waals surface area contributed by atoms with Crippen molar-refractivity contribution >= 4 is 5.82 Å². The average molecular weight is 313 g/mol. The number of benzene rings is 1. The normalized spacial score (nSPS) is 15.5. The van der Waals surface area contributed by atoms with Gasteiger partial charge in [0.25, 0.3) is 0 Å². The molecule has 0 N–H and O–H groups in total. The van der Waals surface area contributed by atoms with Gasteiger partial charge in [-0.2, -0.15) is 0 Å². The van der Waals surface area contributed by atoms with Gasteiger partial charge in [-0.25, -0.2) is 9.97 Å². The second-order valence-electron chi connectivity index (χ2n) is 5.65. The number of methoxy groups -OCH3 is 1. The molecule has 0 aliphatic carbocycles. The Labute approximate surface area is 137 Å². The maximum absolute atomic E-state index is 5.78. The molecule has 1 aliphatic heterocycles. The van der Waals surface area contributed by atoms with E-state index in [4.69, 9.17) is 9.47 Å². The molecule has 0 unspecified atom stereocenters. The first kappa shape index (κ1) is 15.6. The van der Waals surface area contributed by atoms with E-state index in [2.05, 4.69) is 33.1 Å². The molecule has 0 saturated carbocycles. The van der Waals surface area contributed by atoms with Crippen LogP contribution < -0.4 is 14.4 Å². The van der Waals surface area contributed by atoms with Crippen molar-refractivity contribution in [1.29, 1.82) is 0 Å². The second-order valence-corrected chi connectivity index (χ2v) is 5.65. The number of ether oxygens (including phenoxy) is 2. The van der Waals surface area contributed by atoms with Gasteiger partial charge in [0.15, 0.2) is 0 Å². The monoisotopic (exact) mass is 313 g/mol. The van der Waals surface area contributed by atoms with Crippen molar-refractivity contribution in [3.63, 3.8) is 0 Å². The van der Waals surface area contributed by atoms with Gasteiger partial charge in [0.2, 0.25) is 5.88 Å². The number of para-hydroxylation sites is 1. The first-order valence-electron chi connectivity index (χ1n) is 8.14. The van der Waals surface area contributed by atoms with Crippen molar-refractivity contribution in [2.24, 2.45) is 0 Å². The highest BCUT2D eigenvalue weighted by Gasteiger charge is 2.24. The fourth-order valence-corrected chi connectivity index (χ4v) is 3.14. The summed E-state index contributed by atoms with van der Waals surface area (Å²) in [4.78, 5) is 10.7. The van der Waals surface area contributed by atoms with E-state index >= 15 is 0 Å². The molecule has 0 spiro atoms. The summed E-state index contributed by atoms with van der Waals surface area (Å²) < 4.78 is 11.0. The Morgan fingerprint density at radius 2 is 1.96 bits per heavy atom. The molecule has 1 saturated heterocycles. The maximum atomic E-state index is 5.78. The summed E-state index contributed by atoms with van der Waals surface area (Å²) >= 11 is 0. The summed E-state index contributed by atoms with van der Waals surface area (Å²) in [7, 11) is 1.63. The minimum absolute atomic E-state index is 0.540. The molecule has 122 valence electrons. The van der Waals surface area contributed by atoms with E-state index in [-0.39, 0.29) is 0 Å². The number of anilines is 1. The van der Waals surface area contributed by atoms with Gasteiger partial charge >= 0.3 is 0 Å². The lowest BCUT2D eigenvalue weighted by atomic mass is 9.89. The third-order valence-corrected chi connectivity index (χ3v) is 4.31. The number of piperidine rings is 1. The minimum Gasteiger partial charge on any atom is -0.494 e. The van der Waals surface area contributed by atoms with Crippen molar-refractivity contribution in [3.8, 4) is 11.6 Å². The predicted octanol–water partition coefficient (Wildman–Crippen LogP) is 3.27. The van der Waals surface area contributed by atoms with Gasteiger partial charge in [0.05, 0.1) is 13.7 Å². The van der Waals surface area contributed by atoms with Crippen molar-refractivity contribution in [2.75, 3.05) is 31.7 Å². The largest absolute Gasteiger partial charge is 0.494 e. The maximum Gasteiger partial charge on any atom is 0.218 e. The van der Waals surface area contributed by atoms with Gasteiger partial charge in [-0.3, -0.25) is 0 Å². The summed E-state index contributed by atoms with van der Waals surface area (Å²) in [6.45, 7) is 4.69. The van der Waals surface area contributed by atoms with E-state index in [1.165, 1.54) is 5.56 Å². The highest BCUT2D eigenvalue weighted by molar-refractivity contribution is 5.43. The molecule has 1 aromatic carbocycles. The molecule has 0 atom stereocenters. The van der Waals surface area contributed by atoms with Crippen LogP contribution in [0.1, 0.15) is 31.2 Å². The fraction of sp³-hybridized carbons (Fsp3) is 0.444. The van der Waals surface area contributed by atoms with Crippen LogP contribution >= 0.6 is 0 Å². The lowest BCUT2D eigenvalue weighted by Gasteiger charge is -2.33. The van der Waals surface area contributed by atoms with Crippen LogP contribution in [0.15, 0.2) is 36.7 Å². The summed E-state index contributed by atoms with van der Waals surface area (Å²) in [5.74, 6) is 3.11. The Morgan fingerprint density at radius 3 is 2.70 bits per heavy atom. The van der Waals surface area contributed by atoms with E-state index in [1.807, 2.05) is 19.1 Å². The molecule has 5 heteroatoms. The summed E-state index contributed by atoms with van der Waals surface area (Å²) in [5, 5.41) is 0. The van der Waals surface area contributed by atoms with E-state index in [9.17, 15) is 0 Å². The molecular formula is C18H23N3O2. The average Bonchev–Trinajstić information content (AvgIpc) is 2.63. The number of aromatic nitrogens is 2. The van der Waals surface area contributed by atoms with Crippen LogP contribution in [0.2, 0.25) is 0 Å². The smallest absolute Gasteiger partial charge is 0.218 e. The van der Waals surface area contributed by atoms with Crippen LogP contribution in [0, 0.1) is 0 Å². The van der Waals surface area contributed by atoms with E-state index in [0.717, 1.165) is 37.5 Å². The zero-order chi connectivity index (χ0) is 16.1. The second kappa shape index (κ2) is 7.31. The third kappa shape index (κ3) is 3.55. The molecule has 2 aromatic rings. The van der Waals surface area contributed by atoms with Crippen LogP contribution in [0.5, 0.6) is 11.6 Å². The molecule has 3 rings (SSSR count). The van der Waals surface area contributed by atoms with Gasteiger partial charge in [-0.15, -0.1) is 0 Å². The predicted molar refractivity (Wildman–Crippen MR) is 90.4 cm³/mol. The van der Waals surface area contributed by atoms with Crippen LogP contribution in [-0.2, 0) is 0 Å². The van der Waals surface area contributed by atoms with E-state index in [0.29, 0.717) is 18.4 Å². The van der Waals surface area contributed by atoms with Crippen molar-refractivity contribution < 1.29 is 9.47 Å². The first-order valence-corrected chi connectivity index (χ1v) is 8.14. The SMILES string of the molecule is CCOc1ccccc1C1CCN(c2cc(OC)ncn2)CC1. The van der Waals surface area contributed by atoms with Crippen LogP contribution in [0.25, 0.3) is 0 Å². The van der Waals surface area contributed by atoms with Gasteiger partial charge in [0, 0.05) is 19.2 Å². The number of hydrogen-bond acceptors (Lipinski definition) is 5. The lowest BCUT2D eigenvalue weighted by molar-refractivity contribution is 0.331. The van der Waals surface area contributed by atoms with Crippen molar-refractivity contribution in [2.45, 2.75) is 25.7 Å². The van der Waals surface area contributed by atoms with E-state index in [1.54, 1.807) is 13.4 Å². The standard InChI is InChI=1S/C18H23N3O2/c1-3-23-16-7-5-4-6-15(16)14-8-10-21(11-9-14)17-12-18(22-2)20-13-19-17/h4-7,12-14H,3,8-11H2,1-2H3. The Balaban J connectivity index is 1.69. The Bertz CT molecular complexity index is 640. The number of hydrogen-bond donors (Lipinski definition) is 0. The van der Waals surface area contributed by atoms with E-state index < -0.39 is 0 Å². The molecule has 0 amide bonds. The third-order valence-electron chi connectivity index (χ3n) is 4.31. The molecule has 23 heavy (non-hydrogen) atoms. The van der Waals surface area contributed by atoms with Crippen LogP contribution in [0.3, 0.4) is 0 Å². The molecule has 0 bridgehead atoms. The van der Waals surface area contributed by atoms with Crippen LogP contribution in [-0.4, -0.2) is 36.8 Å². The molecule has 1 aliphatic rings. The molecule has 0 radical (unpaired) electrons. The number of rotatable bonds is 5. The topological polar surface area (TPSA) is 47.5 Å². The molecule has 2 heterocycles. The Hall–Kier alpha value is -2.30. The van der Waals surface area contributed by atoms with Gasteiger partial charge in [-0.05, 0) is 37.3 Å². The highest BCUT2D eigenvalue weighted by Crippen LogP contribution is 2.35. The number of nitrogens with zero attached hydrogens (tertiary/aromatic N) is 3. The highest BCUT2D eigenvalue weighted by atomic mass is 16.5. The molecular weight excluding hydrogens is 290 g/mol. The van der Waals surface area contributed by atoms with Gasteiger partial charge < -0.3 is 14.4 Å². The summed E-state index contributed by atoms with van der Waals surface area (Å²) in [6, 6.07) is 10.3. The minimum atomic E-state index is 0.540. The lowest BCUT2D eigenvalue weighted by Crippen LogP contribution is -2.33. The van der Waals surface area contributed by atoms with Crippen molar-refractivity contribution in [1.82, 2.24) is 9.97 Å². The summed E-state index contributed by atoms with van der Waals surface area (Å²) in [6.07, 6.45) is 3.75. The Morgan fingerprint density at radius 1 is 1.17 bits per heavy atom. The molecule has 1 aromatic heterocycles. The molecule has 1 fully saturated rings. The zero-order valence-corrected chi connectivity index (χ0v) is 13.7. The van der Waals surface area contributed by atoms with Crippen LogP contribution in [0.4, 0.5) is 5.82 Å². The first-order chi connectivity index (χ1) is 11.3. The summed E-state index contributed by atoms with van der Waals surface area (Å²) in [5.41, 5.74) is 1.33. The van der Waals surface area contributed by atoms with Crippen molar-refractivity contribution in [3.05, 3.63) is 42.2 Å². The quantitative estimate of drug-likeness (QED) is 0.848. The Kier molecular flexibility index (Phi) is 4.95.